The highest BCUT2D eigenvalue weighted by Crippen LogP contribution is 2.34. The van der Waals surface area contributed by atoms with Crippen LogP contribution >= 0.6 is 11.3 Å². The van der Waals surface area contributed by atoms with E-state index >= 15 is 0 Å². The molecule has 0 spiro atoms. The van der Waals surface area contributed by atoms with Gasteiger partial charge in [0.15, 0.2) is 5.69 Å². The summed E-state index contributed by atoms with van der Waals surface area (Å²) in [6.07, 6.45) is -2.06. The molecule has 0 saturated carbocycles. The Labute approximate surface area is 109 Å². The van der Waals surface area contributed by atoms with Gasteiger partial charge in [-0.25, -0.2) is 0 Å². The average molecular weight is 282 g/mol. The fourth-order valence-corrected chi connectivity index (χ4v) is 2.36. The van der Waals surface area contributed by atoms with Crippen LogP contribution in [0.2, 0.25) is 0 Å². The third-order valence-electron chi connectivity index (χ3n) is 2.42. The number of fused-ring (bicyclic) bond motifs is 1. The van der Waals surface area contributed by atoms with Gasteiger partial charge in [-0.05, 0) is 11.4 Å². The smallest absolute Gasteiger partial charge is 0.251 e. The number of aromatic nitrogens is 4. The molecule has 0 atom stereocenters. The van der Waals surface area contributed by atoms with Crippen molar-refractivity contribution in [3.8, 4) is 10.6 Å². The molecule has 0 N–H and O–H groups in total. The van der Waals surface area contributed by atoms with E-state index in [1.54, 1.807) is 17.5 Å². The lowest BCUT2D eigenvalue weighted by Gasteiger charge is -2.08. The minimum Gasteiger partial charge on any atom is -0.251 e. The van der Waals surface area contributed by atoms with Gasteiger partial charge >= 0.3 is 6.18 Å². The first-order valence-electron chi connectivity index (χ1n) is 5.16. The Kier molecular flexibility index (Phi) is 2.67. The molecule has 3 rings (SSSR count). The van der Waals surface area contributed by atoms with E-state index in [0.29, 0.717) is 10.6 Å². The molecule has 3 aromatic heterocycles. The molecule has 0 aliphatic carbocycles. The van der Waals surface area contributed by atoms with Crippen molar-refractivity contribution in [3.05, 3.63) is 35.6 Å². The Morgan fingerprint density at radius 1 is 1.00 bits per heavy atom. The number of halogens is 3. The predicted molar refractivity (Wildman–Crippen MR) is 63.4 cm³/mol. The largest absolute Gasteiger partial charge is 0.437 e. The number of thiophene rings is 1. The van der Waals surface area contributed by atoms with Crippen LogP contribution in [0.5, 0.6) is 0 Å². The maximum absolute atomic E-state index is 12.8. The van der Waals surface area contributed by atoms with E-state index in [1.807, 2.05) is 0 Å². The molecule has 0 aliphatic rings. The zero-order valence-corrected chi connectivity index (χ0v) is 10.0. The monoisotopic (exact) mass is 282 g/mol. The van der Waals surface area contributed by atoms with Crippen molar-refractivity contribution in [2.45, 2.75) is 6.18 Å². The van der Waals surface area contributed by atoms with Gasteiger partial charge in [-0.2, -0.15) is 13.2 Å². The van der Waals surface area contributed by atoms with Gasteiger partial charge in [0, 0.05) is 12.4 Å². The first-order valence-corrected chi connectivity index (χ1v) is 6.04. The first kappa shape index (κ1) is 12.0. The molecular weight excluding hydrogens is 277 g/mol. The molecule has 3 heterocycles. The molecule has 0 unspecified atom stereocenters. The maximum atomic E-state index is 12.8. The van der Waals surface area contributed by atoms with Crippen LogP contribution in [0.1, 0.15) is 5.69 Å². The van der Waals surface area contributed by atoms with Crippen LogP contribution in [-0.2, 0) is 6.18 Å². The summed E-state index contributed by atoms with van der Waals surface area (Å²) in [5.74, 6) is 0. The lowest BCUT2D eigenvalue weighted by Crippen LogP contribution is -2.12. The maximum Gasteiger partial charge on any atom is 0.437 e. The highest BCUT2D eigenvalue weighted by Gasteiger charge is 2.37. The zero-order chi connectivity index (χ0) is 13.5. The Morgan fingerprint density at radius 3 is 2.37 bits per heavy atom. The summed E-state index contributed by atoms with van der Waals surface area (Å²) in [5, 5.41) is 8.72. The fraction of sp³-hybridized carbons (Fsp3) is 0.0909. The van der Waals surface area contributed by atoms with Gasteiger partial charge in [0.1, 0.15) is 16.7 Å². The van der Waals surface area contributed by atoms with E-state index in [4.69, 9.17) is 0 Å². The predicted octanol–water partition coefficient (Wildman–Crippen LogP) is 3.17. The van der Waals surface area contributed by atoms with Gasteiger partial charge in [0.25, 0.3) is 0 Å². The van der Waals surface area contributed by atoms with Crippen LogP contribution in [0, 0.1) is 0 Å². The van der Waals surface area contributed by atoms with Gasteiger partial charge in [0.05, 0.1) is 4.88 Å². The summed E-state index contributed by atoms with van der Waals surface area (Å²) >= 11 is 1.35. The molecule has 0 saturated heterocycles. The van der Waals surface area contributed by atoms with Crippen LogP contribution in [0.25, 0.3) is 21.6 Å². The third-order valence-corrected chi connectivity index (χ3v) is 3.30. The number of rotatable bonds is 1. The van der Waals surface area contributed by atoms with Crippen LogP contribution in [0.3, 0.4) is 0 Å². The lowest BCUT2D eigenvalue weighted by atomic mass is 10.2. The Morgan fingerprint density at radius 2 is 1.74 bits per heavy atom. The molecule has 0 amide bonds. The van der Waals surface area contributed by atoms with Crippen LogP contribution in [-0.4, -0.2) is 20.2 Å². The van der Waals surface area contributed by atoms with E-state index in [0.717, 1.165) is 0 Å². The Hall–Kier alpha value is -2.09. The second-order valence-corrected chi connectivity index (χ2v) is 4.57. The standard InChI is InChI=1S/C11H5F3N4S/c12-11(13,14)10-9-8(15-3-4-16-9)7(17-18-10)6-2-1-5-19-6/h1-5H. The Bertz CT molecular complexity index is 724. The van der Waals surface area contributed by atoms with E-state index < -0.39 is 11.9 Å². The van der Waals surface area contributed by atoms with Gasteiger partial charge in [-0.15, -0.1) is 21.5 Å². The van der Waals surface area contributed by atoms with Gasteiger partial charge in [-0.1, -0.05) is 6.07 Å². The SMILES string of the molecule is FC(F)(F)c1nnc(-c2cccs2)c2nccnc12. The number of hydrogen-bond acceptors (Lipinski definition) is 5. The van der Waals surface area contributed by atoms with Gasteiger partial charge in [0.2, 0.25) is 0 Å². The highest BCUT2D eigenvalue weighted by molar-refractivity contribution is 7.13. The van der Waals surface area contributed by atoms with Crippen molar-refractivity contribution >= 4 is 22.4 Å². The number of hydrogen-bond donors (Lipinski definition) is 0. The van der Waals surface area contributed by atoms with E-state index in [2.05, 4.69) is 20.2 Å². The second-order valence-electron chi connectivity index (χ2n) is 3.63. The topological polar surface area (TPSA) is 51.6 Å². The number of nitrogens with zero attached hydrogens (tertiary/aromatic N) is 4. The second kappa shape index (κ2) is 4.23. The first-order chi connectivity index (χ1) is 9.07. The minimum atomic E-state index is -4.60. The quantitative estimate of drug-likeness (QED) is 0.688. The lowest BCUT2D eigenvalue weighted by molar-refractivity contribution is -0.140. The van der Waals surface area contributed by atoms with Crippen molar-refractivity contribution < 1.29 is 13.2 Å². The van der Waals surface area contributed by atoms with Crippen LogP contribution in [0.15, 0.2) is 29.9 Å². The molecule has 8 heteroatoms. The molecule has 3 aromatic rings. The average Bonchev–Trinajstić information content (AvgIpc) is 2.90. The van der Waals surface area contributed by atoms with Crippen LogP contribution < -0.4 is 0 Å². The molecule has 0 aliphatic heterocycles. The summed E-state index contributed by atoms with van der Waals surface area (Å²) < 4.78 is 38.5. The molecular formula is C11H5F3N4S. The minimum absolute atomic E-state index is 0.104. The van der Waals surface area contributed by atoms with Gasteiger partial charge < -0.3 is 0 Å². The Balaban J connectivity index is 2.35. The van der Waals surface area contributed by atoms with Crippen molar-refractivity contribution in [1.82, 2.24) is 20.2 Å². The van der Waals surface area contributed by atoms with E-state index in [9.17, 15) is 13.2 Å². The summed E-state index contributed by atoms with van der Waals surface area (Å²) in [4.78, 5) is 8.39. The summed E-state index contributed by atoms with van der Waals surface area (Å²) in [5.41, 5.74) is -0.984. The van der Waals surface area contributed by atoms with Crippen molar-refractivity contribution in [2.24, 2.45) is 0 Å². The highest BCUT2D eigenvalue weighted by atomic mass is 32.1. The third kappa shape index (κ3) is 2.03. The van der Waals surface area contributed by atoms with Crippen molar-refractivity contribution in [2.75, 3.05) is 0 Å². The molecule has 4 nitrogen and oxygen atoms in total. The van der Waals surface area contributed by atoms with Crippen molar-refractivity contribution in [1.29, 1.82) is 0 Å². The van der Waals surface area contributed by atoms with Gasteiger partial charge in [-0.3, -0.25) is 9.97 Å². The summed E-state index contributed by atoms with van der Waals surface area (Å²) in [6, 6.07) is 3.53. The molecule has 0 bridgehead atoms. The summed E-state index contributed by atoms with van der Waals surface area (Å²) in [7, 11) is 0. The normalized spacial score (nSPS) is 11.9. The van der Waals surface area contributed by atoms with Crippen molar-refractivity contribution in [3.63, 3.8) is 0 Å². The molecule has 0 aromatic carbocycles. The number of alkyl halides is 3. The van der Waals surface area contributed by atoms with E-state index in [-0.39, 0.29) is 11.0 Å². The van der Waals surface area contributed by atoms with Crippen LogP contribution in [0.4, 0.5) is 13.2 Å². The molecule has 96 valence electrons. The molecule has 19 heavy (non-hydrogen) atoms. The zero-order valence-electron chi connectivity index (χ0n) is 9.22. The summed E-state index contributed by atoms with van der Waals surface area (Å²) in [6.45, 7) is 0. The molecule has 0 fully saturated rings. The fourth-order valence-electron chi connectivity index (χ4n) is 1.65. The van der Waals surface area contributed by atoms with E-state index in [1.165, 1.54) is 23.7 Å². The molecule has 0 radical (unpaired) electrons.